The highest BCUT2D eigenvalue weighted by molar-refractivity contribution is 6.30. The summed E-state index contributed by atoms with van der Waals surface area (Å²) in [6.45, 7) is 4.45. The number of nitrogens with zero attached hydrogens (tertiary/aromatic N) is 1. The molecule has 1 aliphatic carbocycles. The van der Waals surface area contributed by atoms with Crippen LogP contribution in [-0.4, -0.2) is 46.4 Å². The van der Waals surface area contributed by atoms with E-state index in [0.717, 1.165) is 19.3 Å². The predicted octanol–water partition coefficient (Wildman–Crippen LogP) is 4.71. The fourth-order valence-electron chi connectivity index (χ4n) is 7.03. The molecular formula is C31H33ClFN3O4. The zero-order valence-electron chi connectivity index (χ0n) is 22.5. The van der Waals surface area contributed by atoms with Crippen molar-refractivity contribution in [1.29, 1.82) is 0 Å². The number of halogens is 2. The first-order chi connectivity index (χ1) is 19.2. The first-order valence-corrected chi connectivity index (χ1v) is 14.3. The molecule has 3 fully saturated rings. The second kappa shape index (κ2) is 10.3. The van der Waals surface area contributed by atoms with Crippen LogP contribution in [0.25, 0.3) is 0 Å². The van der Waals surface area contributed by atoms with Crippen LogP contribution < -0.4 is 10.6 Å². The van der Waals surface area contributed by atoms with Gasteiger partial charge >= 0.3 is 0 Å². The third-order valence-electron chi connectivity index (χ3n) is 9.34. The lowest BCUT2D eigenvalue weighted by atomic mass is 9.73. The Morgan fingerprint density at radius 1 is 1.07 bits per heavy atom. The molecule has 7 nitrogen and oxygen atoms in total. The molecule has 0 unspecified atom stereocenters. The molecule has 2 N–H and O–H groups in total. The number of fused-ring (bicyclic) bond motifs is 1. The molecule has 3 amide bonds. The number of carbonyl (C=O) groups is 3. The van der Waals surface area contributed by atoms with Crippen LogP contribution in [0.3, 0.4) is 0 Å². The van der Waals surface area contributed by atoms with Crippen LogP contribution in [0.2, 0.25) is 5.02 Å². The van der Waals surface area contributed by atoms with Gasteiger partial charge in [-0.05, 0) is 60.2 Å². The lowest BCUT2D eigenvalue weighted by Crippen LogP contribution is -2.57. The normalized spacial score (nSPS) is 34.1. The highest BCUT2D eigenvalue weighted by Crippen LogP contribution is 2.55. The van der Waals surface area contributed by atoms with E-state index in [-0.39, 0.29) is 36.1 Å². The van der Waals surface area contributed by atoms with Crippen LogP contribution in [0.15, 0.2) is 60.7 Å². The molecule has 3 heterocycles. The molecule has 8 atom stereocenters. The van der Waals surface area contributed by atoms with Gasteiger partial charge in [0.1, 0.15) is 17.5 Å². The maximum atomic E-state index is 14.1. The number of hydrogen-bond donors (Lipinski definition) is 2. The number of likely N-dealkylation sites (tertiary alicyclic amines) is 1. The Morgan fingerprint density at radius 3 is 2.52 bits per heavy atom. The maximum Gasteiger partial charge on any atom is 0.246 e. The quantitative estimate of drug-likeness (QED) is 0.497. The van der Waals surface area contributed by atoms with Crippen LogP contribution in [0.5, 0.6) is 0 Å². The molecule has 3 aliphatic heterocycles. The lowest BCUT2D eigenvalue weighted by Gasteiger charge is -2.38. The average Bonchev–Trinajstić information content (AvgIpc) is 3.57. The van der Waals surface area contributed by atoms with Gasteiger partial charge in [-0.3, -0.25) is 14.4 Å². The predicted molar refractivity (Wildman–Crippen MR) is 149 cm³/mol. The van der Waals surface area contributed by atoms with E-state index in [2.05, 4.69) is 24.5 Å². The number of rotatable bonds is 6. The van der Waals surface area contributed by atoms with Gasteiger partial charge in [0.15, 0.2) is 0 Å². The molecule has 2 aromatic carbocycles. The number of hydrogen-bond acceptors (Lipinski definition) is 4. The van der Waals surface area contributed by atoms with Crippen molar-refractivity contribution < 1.29 is 23.5 Å². The molecule has 40 heavy (non-hydrogen) atoms. The summed E-state index contributed by atoms with van der Waals surface area (Å²) in [4.78, 5) is 43.3. The number of carbonyl (C=O) groups excluding carboxylic acids is 3. The summed E-state index contributed by atoms with van der Waals surface area (Å²) >= 11 is 5.99. The number of amides is 3. The number of benzene rings is 2. The van der Waals surface area contributed by atoms with Gasteiger partial charge in [-0.1, -0.05) is 62.6 Å². The number of nitrogens with one attached hydrogen (secondary N) is 2. The van der Waals surface area contributed by atoms with Crippen molar-refractivity contribution in [3.05, 3.63) is 77.1 Å². The van der Waals surface area contributed by atoms with E-state index in [1.807, 2.05) is 0 Å². The molecule has 2 aromatic rings. The van der Waals surface area contributed by atoms with Crippen molar-refractivity contribution in [2.75, 3.05) is 5.32 Å². The Labute approximate surface area is 238 Å². The van der Waals surface area contributed by atoms with Crippen molar-refractivity contribution in [3.63, 3.8) is 0 Å². The van der Waals surface area contributed by atoms with Gasteiger partial charge in [-0.2, -0.15) is 0 Å². The SMILES string of the molecule is C[C@H]1[C@H](C)CCC[C@@H]1NC(=O)[C@@H]1N(Cc2ccc(F)cc2)C(=O)[C@H]2[C@@H](C(=O)Nc3ccc(Cl)cc3)[C@H]3C=C[C@@]12O3. The molecule has 210 valence electrons. The molecule has 6 rings (SSSR count). The summed E-state index contributed by atoms with van der Waals surface area (Å²) in [6.07, 6.45) is 5.99. The van der Waals surface area contributed by atoms with E-state index in [1.165, 1.54) is 17.0 Å². The Hall–Kier alpha value is -3.23. The molecular weight excluding hydrogens is 533 g/mol. The zero-order chi connectivity index (χ0) is 28.2. The summed E-state index contributed by atoms with van der Waals surface area (Å²) in [5, 5.41) is 6.68. The van der Waals surface area contributed by atoms with Gasteiger partial charge in [0.25, 0.3) is 0 Å². The molecule has 0 aromatic heterocycles. The Balaban J connectivity index is 1.32. The standard InChI is InChI=1S/C31H33ClFN3O4/c1-17-4-3-5-23(18(17)2)35-29(38)27-31-15-14-24(40-31)25(28(37)34-22-12-8-20(32)9-13-22)26(31)30(39)36(27)16-19-6-10-21(33)11-7-19/h6-15,17-18,23-27H,3-5,16H2,1-2H3,(H,34,37)(H,35,38)/t17-,18+,23+,24-,25+,26-,27+,31+/m1/s1. The topological polar surface area (TPSA) is 87.7 Å². The number of anilines is 1. The summed E-state index contributed by atoms with van der Waals surface area (Å²) in [6, 6.07) is 11.6. The molecule has 4 aliphatic rings. The van der Waals surface area contributed by atoms with Gasteiger partial charge in [0.05, 0.1) is 17.9 Å². The van der Waals surface area contributed by atoms with Crippen LogP contribution >= 0.6 is 11.6 Å². The van der Waals surface area contributed by atoms with Crippen molar-refractivity contribution in [2.45, 2.75) is 63.4 Å². The van der Waals surface area contributed by atoms with Crippen LogP contribution in [-0.2, 0) is 25.7 Å². The third-order valence-corrected chi connectivity index (χ3v) is 9.59. The van der Waals surface area contributed by atoms with Crippen LogP contribution in [0.4, 0.5) is 10.1 Å². The highest BCUT2D eigenvalue weighted by Gasteiger charge is 2.72. The van der Waals surface area contributed by atoms with Gasteiger partial charge in [-0.25, -0.2) is 4.39 Å². The molecule has 1 spiro atoms. The van der Waals surface area contributed by atoms with Gasteiger partial charge < -0.3 is 20.3 Å². The summed E-state index contributed by atoms with van der Waals surface area (Å²) < 4.78 is 20.1. The summed E-state index contributed by atoms with van der Waals surface area (Å²) in [7, 11) is 0. The fraction of sp³-hybridized carbons (Fsp3) is 0.452. The minimum atomic E-state index is -1.27. The molecule has 9 heteroatoms. The van der Waals surface area contributed by atoms with E-state index in [4.69, 9.17) is 16.3 Å². The zero-order valence-corrected chi connectivity index (χ0v) is 23.2. The smallest absolute Gasteiger partial charge is 0.246 e. The first kappa shape index (κ1) is 27.0. The maximum absolute atomic E-state index is 14.1. The van der Waals surface area contributed by atoms with Crippen LogP contribution in [0, 0.1) is 29.5 Å². The molecule has 2 saturated heterocycles. The minimum absolute atomic E-state index is 0.0129. The highest BCUT2D eigenvalue weighted by atomic mass is 35.5. The second-order valence-electron chi connectivity index (χ2n) is 11.7. The molecule has 0 radical (unpaired) electrons. The van der Waals surface area contributed by atoms with Gasteiger partial charge in [0, 0.05) is 23.3 Å². The van der Waals surface area contributed by atoms with E-state index in [9.17, 15) is 18.8 Å². The van der Waals surface area contributed by atoms with Gasteiger partial charge in [0.2, 0.25) is 17.7 Å². The van der Waals surface area contributed by atoms with Gasteiger partial charge in [-0.15, -0.1) is 0 Å². The lowest BCUT2D eigenvalue weighted by molar-refractivity contribution is -0.142. The average molecular weight is 566 g/mol. The van der Waals surface area contributed by atoms with Crippen molar-refractivity contribution in [1.82, 2.24) is 10.2 Å². The van der Waals surface area contributed by atoms with Crippen molar-refractivity contribution in [2.24, 2.45) is 23.7 Å². The molecule has 1 saturated carbocycles. The monoisotopic (exact) mass is 565 g/mol. The van der Waals surface area contributed by atoms with E-state index in [1.54, 1.807) is 48.6 Å². The molecule has 2 bridgehead atoms. The largest absolute Gasteiger partial charge is 0.359 e. The Morgan fingerprint density at radius 2 is 1.80 bits per heavy atom. The summed E-state index contributed by atoms with van der Waals surface area (Å²) in [5.74, 6) is -2.25. The second-order valence-corrected chi connectivity index (χ2v) is 12.1. The first-order valence-electron chi connectivity index (χ1n) is 14.0. The van der Waals surface area contributed by atoms with E-state index >= 15 is 0 Å². The van der Waals surface area contributed by atoms with Crippen molar-refractivity contribution >= 4 is 35.0 Å². The number of ether oxygens (including phenoxy) is 1. The summed E-state index contributed by atoms with van der Waals surface area (Å²) in [5.41, 5.74) is -0.0278. The van der Waals surface area contributed by atoms with Crippen molar-refractivity contribution in [3.8, 4) is 0 Å². The third kappa shape index (κ3) is 4.51. The minimum Gasteiger partial charge on any atom is -0.359 e. The Kier molecular flexibility index (Phi) is 6.95. The van der Waals surface area contributed by atoms with E-state index in [0.29, 0.717) is 28.1 Å². The van der Waals surface area contributed by atoms with Crippen LogP contribution in [0.1, 0.15) is 38.7 Å². The Bertz CT molecular complexity index is 1350. The fourth-order valence-corrected chi connectivity index (χ4v) is 7.16. The van der Waals surface area contributed by atoms with E-state index < -0.39 is 29.6 Å².